The number of aryl methyl sites for hydroxylation is 1. The molecule has 10 heteroatoms. The molecule has 2 aromatic heterocycles. The summed E-state index contributed by atoms with van der Waals surface area (Å²) in [6.07, 6.45) is 1.27. The zero-order valence-electron chi connectivity index (χ0n) is 19.7. The minimum absolute atomic E-state index is 0.116. The molecular formula is C23H31N7O3. The summed E-state index contributed by atoms with van der Waals surface area (Å²) in [7, 11) is 1.53. The van der Waals surface area contributed by atoms with Gasteiger partial charge in [0.15, 0.2) is 0 Å². The topological polar surface area (TPSA) is 118 Å². The third kappa shape index (κ3) is 4.35. The summed E-state index contributed by atoms with van der Waals surface area (Å²) in [4.78, 5) is 32.1. The fourth-order valence-corrected chi connectivity index (χ4v) is 4.58. The number of fused-ring (bicyclic) bond motifs is 1. The maximum absolute atomic E-state index is 13.7. The Bertz CT molecular complexity index is 1180. The fourth-order valence-electron chi connectivity index (χ4n) is 4.58. The number of para-hydroxylation sites is 2. The Morgan fingerprint density at radius 1 is 1.27 bits per heavy atom. The number of nitrogens with one attached hydrogen (secondary N) is 1. The quantitative estimate of drug-likeness (QED) is 0.601. The summed E-state index contributed by atoms with van der Waals surface area (Å²) in [5.74, 6) is 0.330. The maximum Gasteiger partial charge on any atom is 0.248 e. The van der Waals surface area contributed by atoms with E-state index in [-0.39, 0.29) is 24.8 Å². The average Bonchev–Trinajstić information content (AvgIpc) is 3.45. The molecule has 3 heterocycles. The standard InChI is InChI=1S/C23H31N7O3/c1-14-25-17-8-6-7-9-18(17)28(14)11-15-12-30(27-26-15)20(23(2,3)4)22(33)29-13-16(31)10-19(29)21(32)24-5/h6-9,12,16,19-20,31H,10-11,13H2,1-5H3,(H,24,32)/t16?,19-,20?/m1/s1. The number of hydrogen-bond donors (Lipinski definition) is 2. The van der Waals surface area contributed by atoms with Crippen LogP contribution in [0.3, 0.4) is 0 Å². The number of likely N-dealkylation sites (tertiary alicyclic amines) is 1. The van der Waals surface area contributed by atoms with Crippen LogP contribution in [0.4, 0.5) is 0 Å². The van der Waals surface area contributed by atoms with Crippen LogP contribution < -0.4 is 5.32 Å². The Kier molecular flexibility index (Phi) is 5.96. The van der Waals surface area contributed by atoms with Gasteiger partial charge in [0, 0.05) is 20.0 Å². The van der Waals surface area contributed by atoms with Crippen LogP contribution in [0.15, 0.2) is 30.5 Å². The predicted octanol–water partition coefficient (Wildman–Crippen LogP) is 1.28. The van der Waals surface area contributed by atoms with E-state index in [2.05, 4.69) is 25.2 Å². The monoisotopic (exact) mass is 453 g/mol. The van der Waals surface area contributed by atoms with E-state index in [9.17, 15) is 14.7 Å². The van der Waals surface area contributed by atoms with Gasteiger partial charge in [0.1, 0.15) is 23.6 Å². The van der Waals surface area contributed by atoms with Gasteiger partial charge in [-0.1, -0.05) is 38.1 Å². The number of carbonyl (C=O) groups is 2. The zero-order chi connectivity index (χ0) is 23.9. The highest BCUT2D eigenvalue weighted by Gasteiger charge is 2.45. The van der Waals surface area contributed by atoms with Gasteiger partial charge in [-0.05, 0) is 24.5 Å². The van der Waals surface area contributed by atoms with Gasteiger partial charge in [0.05, 0.1) is 29.9 Å². The van der Waals surface area contributed by atoms with Crippen LogP contribution in [0.1, 0.15) is 44.8 Å². The lowest BCUT2D eigenvalue weighted by atomic mass is 9.85. The second kappa shape index (κ2) is 8.58. The Morgan fingerprint density at radius 3 is 2.70 bits per heavy atom. The summed E-state index contributed by atoms with van der Waals surface area (Å²) in [5.41, 5.74) is 2.12. The molecule has 0 aliphatic carbocycles. The van der Waals surface area contributed by atoms with Crippen molar-refractivity contribution >= 4 is 22.8 Å². The average molecular weight is 454 g/mol. The first kappa shape index (κ1) is 22.9. The minimum Gasteiger partial charge on any atom is -0.391 e. The van der Waals surface area contributed by atoms with Crippen molar-refractivity contribution in [2.45, 2.75) is 58.8 Å². The highest BCUT2D eigenvalue weighted by atomic mass is 16.3. The number of β-amino-alcohol motifs (C(OH)–C–C–N with tert-alkyl or cyclic N) is 1. The molecule has 3 atom stereocenters. The number of imidazole rings is 1. The molecule has 33 heavy (non-hydrogen) atoms. The Labute approximate surface area is 192 Å². The molecule has 1 fully saturated rings. The van der Waals surface area contributed by atoms with Gasteiger partial charge >= 0.3 is 0 Å². The molecule has 1 aliphatic heterocycles. The number of nitrogens with zero attached hydrogens (tertiary/aromatic N) is 6. The van der Waals surface area contributed by atoms with Crippen molar-refractivity contribution in [1.29, 1.82) is 0 Å². The molecule has 2 amide bonds. The second-order valence-electron chi connectivity index (χ2n) is 9.70. The molecular weight excluding hydrogens is 422 g/mol. The van der Waals surface area contributed by atoms with Gasteiger partial charge in [0.2, 0.25) is 11.8 Å². The van der Waals surface area contributed by atoms with E-state index < -0.39 is 23.6 Å². The smallest absolute Gasteiger partial charge is 0.248 e. The third-order valence-corrected chi connectivity index (χ3v) is 6.15. The van der Waals surface area contributed by atoms with Gasteiger partial charge in [-0.3, -0.25) is 9.59 Å². The lowest BCUT2D eigenvalue weighted by Crippen LogP contribution is -2.49. The van der Waals surface area contributed by atoms with Crippen molar-refractivity contribution in [3.63, 3.8) is 0 Å². The van der Waals surface area contributed by atoms with Crippen LogP contribution in [0.25, 0.3) is 11.0 Å². The van der Waals surface area contributed by atoms with Gasteiger partial charge in [-0.15, -0.1) is 5.10 Å². The zero-order valence-corrected chi connectivity index (χ0v) is 19.7. The Hall–Kier alpha value is -3.27. The van der Waals surface area contributed by atoms with Gasteiger partial charge in [-0.25, -0.2) is 9.67 Å². The summed E-state index contributed by atoms with van der Waals surface area (Å²) in [6, 6.07) is 6.52. The molecule has 1 aromatic carbocycles. The Balaban J connectivity index is 1.63. The molecule has 1 saturated heterocycles. The van der Waals surface area contributed by atoms with Crippen LogP contribution in [0.5, 0.6) is 0 Å². The number of aliphatic hydroxyl groups excluding tert-OH is 1. The van der Waals surface area contributed by atoms with Crippen molar-refractivity contribution in [2.75, 3.05) is 13.6 Å². The molecule has 0 radical (unpaired) electrons. The third-order valence-electron chi connectivity index (χ3n) is 6.15. The first-order valence-electron chi connectivity index (χ1n) is 11.1. The number of amides is 2. The summed E-state index contributed by atoms with van der Waals surface area (Å²) < 4.78 is 3.65. The number of aliphatic hydroxyl groups is 1. The van der Waals surface area contributed by atoms with Crippen LogP contribution in [-0.2, 0) is 16.1 Å². The van der Waals surface area contributed by atoms with Crippen LogP contribution in [-0.4, -0.2) is 72.1 Å². The molecule has 0 bridgehead atoms. The number of aromatic nitrogens is 5. The highest BCUT2D eigenvalue weighted by molar-refractivity contribution is 5.90. The molecule has 2 unspecified atom stereocenters. The first-order valence-corrected chi connectivity index (χ1v) is 11.1. The lowest BCUT2D eigenvalue weighted by molar-refractivity contribution is -0.144. The largest absolute Gasteiger partial charge is 0.391 e. The fraction of sp³-hybridized carbons (Fsp3) is 0.522. The van der Waals surface area contributed by atoms with Crippen molar-refractivity contribution in [1.82, 2.24) is 34.8 Å². The van der Waals surface area contributed by atoms with Gasteiger partial charge in [0.25, 0.3) is 0 Å². The first-order chi connectivity index (χ1) is 15.6. The number of rotatable bonds is 5. The van der Waals surface area contributed by atoms with Crippen LogP contribution in [0.2, 0.25) is 0 Å². The van der Waals surface area contributed by atoms with Crippen molar-refractivity contribution < 1.29 is 14.7 Å². The minimum atomic E-state index is -0.735. The molecule has 3 aromatic rings. The molecule has 4 rings (SSSR count). The van der Waals surface area contributed by atoms with E-state index in [0.29, 0.717) is 12.2 Å². The van der Waals surface area contributed by atoms with Gasteiger partial charge in [-0.2, -0.15) is 0 Å². The van der Waals surface area contributed by atoms with Gasteiger partial charge < -0.3 is 19.9 Å². The van der Waals surface area contributed by atoms with Crippen LogP contribution in [0, 0.1) is 12.3 Å². The molecule has 2 N–H and O–H groups in total. The lowest BCUT2D eigenvalue weighted by Gasteiger charge is -2.34. The summed E-state index contributed by atoms with van der Waals surface area (Å²) in [6.45, 7) is 8.39. The van der Waals surface area contributed by atoms with Crippen LogP contribution >= 0.6 is 0 Å². The SMILES string of the molecule is CNC(=O)[C@H]1CC(O)CN1C(=O)C(n1cc(Cn2c(C)nc3ccccc32)nn1)C(C)(C)C. The van der Waals surface area contributed by atoms with E-state index in [1.165, 1.54) is 11.9 Å². The van der Waals surface area contributed by atoms with E-state index in [0.717, 1.165) is 16.9 Å². The van der Waals surface area contributed by atoms with Crippen molar-refractivity contribution in [3.05, 3.63) is 42.0 Å². The number of benzene rings is 1. The molecule has 10 nitrogen and oxygen atoms in total. The predicted molar refractivity (Wildman–Crippen MR) is 122 cm³/mol. The van der Waals surface area contributed by atoms with Crippen molar-refractivity contribution in [3.8, 4) is 0 Å². The van der Waals surface area contributed by atoms with E-state index in [1.54, 1.807) is 10.9 Å². The van der Waals surface area contributed by atoms with E-state index in [1.807, 2.05) is 52.0 Å². The van der Waals surface area contributed by atoms with Crippen molar-refractivity contribution in [2.24, 2.45) is 5.41 Å². The van der Waals surface area contributed by atoms with E-state index in [4.69, 9.17) is 0 Å². The Morgan fingerprint density at radius 2 is 2.00 bits per heavy atom. The molecule has 1 aliphatic rings. The summed E-state index contributed by atoms with van der Waals surface area (Å²) in [5, 5.41) is 21.4. The van der Waals surface area contributed by atoms with E-state index >= 15 is 0 Å². The second-order valence-corrected chi connectivity index (χ2v) is 9.70. The maximum atomic E-state index is 13.7. The number of hydrogen-bond acceptors (Lipinski definition) is 6. The number of likely N-dealkylation sites (N-methyl/N-ethyl adjacent to an activating group) is 1. The normalized spacial score (nSPS) is 19.8. The summed E-state index contributed by atoms with van der Waals surface area (Å²) >= 11 is 0. The molecule has 0 spiro atoms. The number of carbonyl (C=O) groups excluding carboxylic acids is 2. The highest BCUT2D eigenvalue weighted by Crippen LogP contribution is 2.34. The molecule has 176 valence electrons. The molecule has 0 saturated carbocycles.